The van der Waals surface area contributed by atoms with E-state index >= 15 is 0 Å². The highest BCUT2D eigenvalue weighted by molar-refractivity contribution is 7.19. The molecule has 0 spiro atoms. The number of hydrogen-bond acceptors (Lipinski definition) is 4. The molecular formula is C23H22ClN3OS. The normalized spacial score (nSPS) is 13.6. The predicted molar refractivity (Wildman–Crippen MR) is 123 cm³/mol. The molecule has 29 heavy (non-hydrogen) atoms. The van der Waals surface area contributed by atoms with Gasteiger partial charge < -0.3 is 5.32 Å². The number of nitrogens with one attached hydrogen (secondary N) is 1. The largest absolute Gasteiger partial charge is 0.312 e. The Morgan fingerprint density at radius 3 is 2.83 bits per heavy atom. The molecule has 0 bridgehead atoms. The molecule has 0 radical (unpaired) electrons. The third kappa shape index (κ3) is 3.73. The van der Waals surface area contributed by atoms with Crippen LogP contribution in [0.25, 0.3) is 27.0 Å². The van der Waals surface area contributed by atoms with Gasteiger partial charge in [-0.05, 0) is 67.1 Å². The van der Waals surface area contributed by atoms with Gasteiger partial charge in [0.2, 0.25) is 0 Å². The first kappa shape index (κ1) is 19.8. The number of fused-ring (bicyclic) bond motifs is 3. The van der Waals surface area contributed by atoms with Crippen molar-refractivity contribution >= 4 is 33.8 Å². The highest BCUT2D eigenvalue weighted by atomic mass is 35.5. The molecule has 1 N–H and O–H groups in total. The number of pyridine rings is 2. The minimum Gasteiger partial charge on any atom is -0.312 e. The Balaban J connectivity index is 0.00000205. The predicted octanol–water partition coefficient (Wildman–Crippen LogP) is 4.88. The van der Waals surface area contributed by atoms with Crippen molar-refractivity contribution in [3.63, 3.8) is 0 Å². The first-order valence-electron chi connectivity index (χ1n) is 9.60. The number of nitrogens with zero attached hydrogens (tertiary/aromatic N) is 2. The molecule has 6 heteroatoms. The van der Waals surface area contributed by atoms with Crippen LogP contribution >= 0.6 is 23.7 Å². The van der Waals surface area contributed by atoms with E-state index in [1.165, 1.54) is 26.9 Å². The van der Waals surface area contributed by atoms with Gasteiger partial charge in [-0.1, -0.05) is 12.1 Å². The first-order valence-corrected chi connectivity index (χ1v) is 10.4. The second kappa shape index (κ2) is 8.11. The van der Waals surface area contributed by atoms with Crippen molar-refractivity contribution < 1.29 is 0 Å². The van der Waals surface area contributed by atoms with Crippen LogP contribution in [0.3, 0.4) is 0 Å². The Morgan fingerprint density at radius 1 is 1.14 bits per heavy atom. The molecule has 1 aromatic carbocycles. The van der Waals surface area contributed by atoms with E-state index in [2.05, 4.69) is 28.5 Å². The molecule has 0 amide bonds. The molecule has 0 fully saturated rings. The maximum Gasteiger partial charge on any atom is 0.255 e. The van der Waals surface area contributed by atoms with Gasteiger partial charge in [0.15, 0.2) is 0 Å². The standard InChI is InChI=1S/C23H21N3OS.ClH/c1-15-4-7-20(25-13-15)16-8-10-26(23(27)11-16)17-5-6-19-18-3-2-9-24-14-22(18)28-21(19)12-17;/h4-8,10-13,24H,2-3,9,14H2,1H3;1H. The molecule has 0 saturated carbocycles. The molecule has 4 nitrogen and oxygen atoms in total. The lowest BCUT2D eigenvalue weighted by atomic mass is 10.1. The number of aryl methyl sites for hydroxylation is 2. The van der Waals surface area contributed by atoms with Crippen molar-refractivity contribution in [2.24, 2.45) is 0 Å². The van der Waals surface area contributed by atoms with Crippen LogP contribution in [0.2, 0.25) is 0 Å². The Kier molecular flexibility index (Phi) is 5.54. The maximum atomic E-state index is 12.8. The summed E-state index contributed by atoms with van der Waals surface area (Å²) in [5, 5.41) is 4.83. The van der Waals surface area contributed by atoms with Crippen molar-refractivity contribution in [1.82, 2.24) is 14.9 Å². The van der Waals surface area contributed by atoms with Gasteiger partial charge in [0.05, 0.1) is 11.4 Å². The fraction of sp³-hybridized carbons (Fsp3) is 0.217. The third-order valence-electron chi connectivity index (χ3n) is 5.33. The number of aromatic nitrogens is 2. The molecule has 0 unspecified atom stereocenters. The molecule has 1 aliphatic rings. The molecule has 1 aliphatic heterocycles. The van der Waals surface area contributed by atoms with Gasteiger partial charge in [-0.2, -0.15) is 0 Å². The van der Waals surface area contributed by atoms with Crippen molar-refractivity contribution in [3.05, 3.63) is 81.2 Å². The summed E-state index contributed by atoms with van der Waals surface area (Å²) in [6, 6.07) is 13.9. The minimum atomic E-state index is -0.0426. The Labute approximate surface area is 179 Å². The SMILES string of the molecule is Cc1ccc(-c2ccn(-c3ccc4c5c(sc4c3)CNCCC5)c(=O)c2)nc1.Cl. The number of benzene rings is 1. The molecule has 4 aromatic rings. The quantitative estimate of drug-likeness (QED) is 0.499. The molecule has 3 aromatic heterocycles. The minimum absolute atomic E-state index is 0. The third-order valence-corrected chi connectivity index (χ3v) is 6.53. The van der Waals surface area contributed by atoms with E-state index in [-0.39, 0.29) is 18.0 Å². The number of rotatable bonds is 2. The van der Waals surface area contributed by atoms with Crippen molar-refractivity contribution in [1.29, 1.82) is 0 Å². The van der Waals surface area contributed by atoms with Gasteiger partial charge in [-0.15, -0.1) is 23.7 Å². The molecule has 0 atom stereocenters. The zero-order chi connectivity index (χ0) is 19.1. The Bertz CT molecular complexity index is 1230. The van der Waals surface area contributed by atoms with Gasteiger partial charge in [-0.25, -0.2) is 0 Å². The molecule has 4 heterocycles. The molecular weight excluding hydrogens is 402 g/mol. The maximum absolute atomic E-state index is 12.8. The second-order valence-corrected chi connectivity index (χ2v) is 8.45. The lowest BCUT2D eigenvalue weighted by Crippen LogP contribution is -2.16. The van der Waals surface area contributed by atoms with E-state index in [0.717, 1.165) is 42.0 Å². The average molecular weight is 424 g/mol. The molecule has 148 valence electrons. The van der Waals surface area contributed by atoms with E-state index in [9.17, 15) is 4.79 Å². The van der Waals surface area contributed by atoms with Crippen LogP contribution in [-0.2, 0) is 13.0 Å². The van der Waals surface area contributed by atoms with Crippen molar-refractivity contribution in [2.75, 3.05) is 6.54 Å². The topological polar surface area (TPSA) is 46.9 Å². The monoisotopic (exact) mass is 423 g/mol. The number of thiophene rings is 1. The summed E-state index contributed by atoms with van der Waals surface area (Å²) in [7, 11) is 0. The van der Waals surface area contributed by atoms with Crippen LogP contribution in [0.1, 0.15) is 22.4 Å². The summed E-state index contributed by atoms with van der Waals surface area (Å²) in [4.78, 5) is 18.6. The van der Waals surface area contributed by atoms with Crippen LogP contribution in [0, 0.1) is 6.92 Å². The molecule has 0 saturated heterocycles. The molecule has 5 rings (SSSR count). The second-order valence-electron chi connectivity index (χ2n) is 7.31. The van der Waals surface area contributed by atoms with Crippen LogP contribution in [0.15, 0.2) is 59.7 Å². The lowest BCUT2D eigenvalue weighted by Gasteiger charge is -2.08. The summed E-state index contributed by atoms with van der Waals surface area (Å²) in [6.07, 6.45) is 5.97. The zero-order valence-electron chi connectivity index (χ0n) is 16.1. The highest BCUT2D eigenvalue weighted by Crippen LogP contribution is 2.34. The summed E-state index contributed by atoms with van der Waals surface area (Å²) in [6.45, 7) is 4.03. The van der Waals surface area contributed by atoms with Crippen LogP contribution in [0.4, 0.5) is 0 Å². The van der Waals surface area contributed by atoms with Gasteiger partial charge in [0.25, 0.3) is 5.56 Å². The van der Waals surface area contributed by atoms with E-state index in [0.29, 0.717) is 0 Å². The van der Waals surface area contributed by atoms with E-state index in [4.69, 9.17) is 0 Å². The number of hydrogen-bond donors (Lipinski definition) is 1. The van der Waals surface area contributed by atoms with E-state index in [1.807, 2.05) is 48.9 Å². The van der Waals surface area contributed by atoms with E-state index < -0.39 is 0 Å². The van der Waals surface area contributed by atoms with Crippen LogP contribution < -0.4 is 10.9 Å². The summed E-state index contributed by atoms with van der Waals surface area (Å²) >= 11 is 1.84. The van der Waals surface area contributed by atoms with Gasteiger partial charge in [0.1, 0.15) is 0 Å². The summed E-state index contributed by atoms with van der Waals surface area (Å²) < 4.78 is 2.96. The lowest BCUT2D eigenvalue weighted by molar-refractivity contribution is 0.684. The Morgan fingerprint density at radius 2 is 2.03 bits per heavy atom. The van der Waals surface area contributed by atoms with Crippen LogP contribution in [0.5, 0.6) is 0 Å². The van der Waals surface area contributed by atoms with Crippen LogP contribution in [-0.4, -0.2) is 16.1 Å². The van der Waals surface area contributed by atoms with Gasteiger partial charge in [0, 0.05) is 40.1 Å². The van der Waals surface area contributed by atoms with E-state index in [1.54, 1.807) is 10.6 Å². The summed E-state index contributed by atoms with van der Waals surface area (Å²) in [5.74, 6) is 0. The Hall–Kier alpha value is -2.47. The fourth-order valence-electron chi connectivity index (χ4n) is 3.84. The summed E-state index contributed by atoms with van der Waals surface area (Å²) in [5.41, 5.74) is 5.11. The smallest absolute Gasteiger partial charge is 0.255 e. The van der Waals surface area contributed by atoms with Gasteiger partial charge >= 0.3 is 0 Å². The average Bonchev–Trinajstić information content (AvgIpc) is 2.88. The van der Waals surface area contributed by atoms with Crippen molar-refractivity contribution in [3.8, 4) is 16.9 Å². The highest BCUT2D eigenvalue weighted by Gasteiger charge is 2.15. The number of halogens is 1. The first-order chi connectivity index (χ1) is 13.7. The van der Waals surface area contributed by atoms with Crippen molar-refractivity contribution in [2.45, 2.75) is 26.3 Å². The van der Waals surface area contributed by atoms with Gasteiger partial charge in [-0.3, -0.25) is 14.3 Å². The molecule has 0 aliphatic carbocycles. The fourth-order valence-corrected chi connectivity index (χ4v) is 5.09. The zero-order valence-corrected chi connectivity index (χ0v) is 17.8.